The topological polar surface area (TPSA) is 77.1 Å². The van der Waals surface area contributed by atoms with Crippen molar-refractivity contribution in [2.24, 2.45) is 0 Å². The number of hydrogen-bond donors (Lipinski definition) is 1. The van der Waals surface area contributed by atoms with E-state index in [1.165, 1.54) is 6.07 Å². The first-order valence-electron chi connectivity index (χ1n) is 7.10. The molecule has 0 aliphatic rings. The summed E-state index contributed by atoms with van der Waals surface area (Å²) >= 11 is 5.63. The molecule has 0 atom stereocenters. The molecule has 0 radical (unpaired) electrons. The van der Waals surface area contributed by atoms with Gasteiger partial charge in [0.2, 0.25) is 5.91 Å². The number of hydrogen-bond acceptors (Lipinski definition) is 4. The monoisotopic (exact) mass is 323 g/mol. The molecule has 22 heavy (non-hydrogen) atoms. The van der Waals surface area contributed by atoms with Crippen LogP contribution in [0.5, 0.6) is 0 Å². The van der Waals surface area contributed by atoms with Gasteiger partial charge in [0, 0.05) is 43.8 Å². The van der Waals surface area contributed by atoms with Gasteiger partial charge in [0.1, 0.15) is 5.76 Å². The molecule has 2 heterocycles. The van der Waals surface area contributed by atoms with Crippen molar-refractivity contribution < 1.29 is 9.32 Å². The molecular formula is C15H18ClN3O3. The van der Waals surface area contributed by atoms with Gasteiger partial charge in [0.25, 0.3) is 5.56 Å². The molecule has 0 spiro atoms. The lowest BCUT2D eigenvalue weighted by Crippen LogP contribution is -2.27. The third kappa shape index (κ3) is 4.73. The molecule has 0 unspecified atom stereocenters. The Morgan fingerprint density at radius 2 is 2.27 bits per heavy atom. The van der Waals surface area contributed by atoms with E-state index in [1.54, 1.807) is 16.7 Å². The predicted octanol–water partition coefficient (Wildman–Crippen LogP) is 1.94. The second-order valence-corrected chi connectivity index (χ2v) is 5.36. The number of pyridine rings is 1. The van der Waals surface area contributed by atoms with Crippen LogP contribution in [0.4, 0.5) is 0 Å². The lowest BCUT2D eigenvalue weighted by Gasteiger charge is -2.09. The van der Waals surface area contributed by atoms with Gasteiger partial charge in [0.05, 0.1) is 0 Å². The smallest absolute Gasteiger partial charge is 0.250 e. The van der Waals surface area contributed by atoms with E-state index in [-0.39, 0.29) is 11.5 Å². The number of amides is 1. The zero-order valence-electron chi connectivity index (χ0n) is 12.3. The molecule has 118 valence electrons. The molecule has 0 fully saturated rings. The summed E-state index contributed by atoms with van der Waals surface area (Å²) in [5, 5.41) is 6.66. The van der Waals surface area contributed by atoms with Crippen LogP contribution < -0.4 is 10.9 Å². The standard InChI is InChI=1S/C15H18ClN3O3/c1-11-4-2-5-15(21)19(11)9-3-8-17-14(20)7-6-12-10-13(16)18-22-12/h2,4-5,10H,3,6-9H2,1H3,(H,17,20). The fourth-order valence-corrected chi connectivity index (χ4v) is 2.26. The summed E-state index contributed by atoms with van der Waals surface area (Å²) in [5.41, 5.74) is 0.898. The highest BCUT2D eigenvalue weighted by Gasteiger charge is 2.06. The number of aryl methyl sites for hydroxylation is 2. The van der Waals surface area contributed by atoms with E-state index in [9.17, 15) is 9.59 Å². The minimum atomic E-state index is -0.0651. The first-order chi connectivity index (χ1) is 10.6. The summed E-state index contributed by atoms with van der Waals surface area (Å²) in [7, 11) is 0. The maximum Gasteiger partial charge on any atom is 0.250 e. The van der Waals surface area contributed by atoms with Crippen LogP contribution in [0, 0.1) is 6.92 Å². The number of rotatable bonds is 7. The molecule has 2 rings (SSSR count). The van der Waals surface area contributed by atoms with Crippen LogP contribution >= 0.6 is 11.6 Å². The van der Waals surface area contributed by atoms with Gasteiger partial charge in [-0.25, -0.2) is 0 Å². The van der Waals surface area contributed by atoms with E-state index in [1.807, 2.05) is 13.0 Å². The van der Waals surface area contributed by atoms with Crippen molar-refractivity contribution >= 4 is 17.5 Å². The summed E-state index contributed by atoms with van der Waals surface area (Å²) in [6, 6.07) is 6.77. The third-order valence-electron chi connectivity index (χ3n) is 3.28. The Labute approximate surface area is 133 Å². The van der Waals surface area contributed by atoms with Crippen molar-refractivity contribution in [2.75, 3.05) is 6.54 Å². The van der Waals surface area contributed by atoms with Gasteiger partial charge in [-0.3, -0.25) is 9.59 Å². The highest BCUT2D eigenvalue weighted by molar-refractivity contribution is 6.29. The first-order valence-corrected chi connectivity index (χ1v) is 7.48. The summed E-state index contributed by atoms with van der Waals surface area (Å²) in [6.07, 6.45) is 1.48. The molecule has 0 saturated heterocycles. The summed E-state index contributed by atoms with van der Waals surface area (Å²) < 4.78 is 6.62. The van der Waals surface area contributed by atoms with Crippen LogP contribution in [0.3, 0.4) is 0 Å². The highest BCUT2D eigenvalue weighted by atomic mass is 35.5. The Morgan fingerprint density at radius 1 is 1.45 bits per heavy atom. The van der Waals surface area contributed by atoms with E-state index in [2.05, 4.69) is 10.5 Å². The zero-order chi connectivity index (χ0) is 15.9. The summed E-state index contributed by atoms with van der Waals surface area (Å²) in [4.78, 5) is 23.4. The van der Waals surface area contributed by atoms with Crippen molar-refractivity contribution in [3.05, 3.63) is 51.2 Å². The quantitative estimate of drug-likeness (QED) is 0.790. The number of nitrogens with one attached hydrogen (secondary N) is 1. The SMILES string of the molecule is Cc1cccc(=O)n1CCCNC(=O)CCc1cc(Cl)no1. The van der Waals surface area contributed by atoms with Crippen molar-refractivity contribution in [1.82, 2.24) is 15.0 Å². The van der Waals surface area contributed by atoms with Gasteiger partial charge < -0.3 is 14.4 Å². The minimum absolute atomic E-state index is 0.0199. The predicted molar refractivity (Wildman–Crippen MR) is 82.9 cm³/mol. The summed E-state index contributed by atoms with van der Waals surface area (Å²) in [5.74, 6) is 0.524. The zero-order valence-corrected chi connectivity index (χ0v) is 13.1. The molecule has 2 aromatic heterocycles. The molecule has 2 aromatic rings. The van der Waals surface area contributed by atoms with Gasteiger partial charge in [-0.05, 0) is 19.4 Å². The van der Waals surface area contributed by atoms with E-state index in [0.717, 1.165) is 5.69 Å². The highest BCUT2D eigenvalue weighted by Crippen LogP contribution is 2.10. The Hall–Kier alpha value is -2.08. The minimum Gasteiger partial charge on any atom is -0.360 e. The van der Waals surface area contributed by atoms with Crippen molar-refractivity contribution in [2.45, 2.75) is 32.7 Å². The van der Waals surface area contributed by atoms with E-state index in [0.29, 0.717) is 43.3 Å². The fraction of sp³-hybridized carbons (Fsp3) is 0.400. The van der Waals surface area contributed by atoms with E-state index >= 15 is 0 Å². The Bertz CT molecular complexity index is 693. The van der Waals surface area contributed by atoms with Crippen molar-refractivity contribution in [3.63, 3.8) is 0 Å². The lowest BCUT2D eigenvalue weighted by molar-refractivity contribution is -0.121. The van der Waals surface area contributed by atoms with Crippen LogP contribution in [0.15, 0.2) is 33.6 Å². The Balaban J connectivity index is 1.68. The lowest BCUT2D eigenvalue weighted by atomic mass is 10.2. The average Bonchev–Trinajstić information content (AvgIpc) is 2.89. The molecule has 0 aliphatic heterocycles. The number of aromatic nitrogens is 2. The summed E-state index contributed by atoms with van der Waals surface area (Å²) in [6.45, 7) is 3.00. The molecule has 6 nitrogen and oxygen atoms in total. The van der Waals surface area contributed by atoms with Crippen LogP contribution in [-0.2, 0) is 17.8 Å². The second kappa shape index (κ2) is 7.79. The molecule has 1 N–H and O–H groups in total. The van der Waals surface area contributed by atoms with Crippen LogP contribution in [0.2, 0.25) is 5.15 Å². The van der Waals surface area contributed by atoms with Crippen LogP contribution in [-0.4, -0.2) is 22.2 Å². The normalized spacial score (nSPS) is 10.6. The maximum absolute atomic E-state index is 11.7. The molecule has 0 bridgehead atoms. The van der Waals surface area contributed by atoms with Crippen LogP contribution in [0.1, 0.15) is 24.3 Å². The van der Waals surface area contributed by atoms with Gasteiger partial charge in [-0.15, -0.1) is 0 Å². The van der Waals surface area contributed by atoms with E-state index < -0.39 is 0 Å². The van der Waals surface area contributed by atoms with Gasteiger partial charge >= 0.3 is 0 Å². The van der Waals surface area contributed by atoms with Gasteiger partial charge in [0.15, 0.2) is 5.15 Å². The third-order valence-corrected chi connectivity index (χ3v) is 3.46. The maximum atomic E-state index is 11.7. The van der Waals surface area contributed by atoms with Gasteiger partial charge in [-0.1, -0.05) is 22.8 Å². The van der Waals surface area contributed by atoms with E-state index in [4.69, 9.17) is 16.1 Å². The first kappa shape index (κ1) is 16.3. The number of carbonyl (C=O) groups is 1. The van der Waals surface area contributed by atoms with Crippen molar-refractivity contribution in [3.8, 4) is 0 Å². The number of nitrogens with zero attached hydrogens (tertiary/aromatic N) is 2. The number of halogens is 1. The Kier molecular flexibility index (Phi) is 5.77. The molecule has 0 aromatic carbocycles. The number of carbonyl (C=O) groups excluding carboxylic acids is 1. The Morgan fingerprint density at radius 3 is 2.95 bits per heavy atom. The molecule has 7 heteroatoms. The largest absolute Gasteiger partial charge is 0.360 e. The molecule has 0 saturated carbocycles. The molecular weight excluding hydrogens is 306 g/mol. The van der Waals surface area contributed by atoms with Crippen molar-refractivity contribution in [1.29, 1.82) is 0 Å². The second-order valence-electron chi connectivity index (χ2n) is 4.98. The van der Waals surface area contributed by atoms with Crippen LogP contribution in [0.25, 0.3) is 0 Å². The molecule has 0 aliphatic carbocycles. The van der Waals surface area contributed by atoms with Gasteiger partial charge in [-0.2, -0.15) is 0 Å². The average molecular weight is 324 g/mol. The fourth-order valence-electron chi connectivity index (χ4n) is 2.11. The molecule has 1 amide bonds.